The normalized spacial score (nSPS) is 12.6. The van der Waals surface area contributed by atoms with Crippen molar-refractivity contribution in [2.45, 2.75) is 39.8 Å². The van der Waals surface area contributed by atoms with Crippen LogP contribution in [0, 0.1) is 13.8 Å². The number of hydrogen-bond acceptors (Lipinski definition) is 5. The summed E-state index contributed by atoms with van der Waals surface area (Å²) in [5.74, 6) is 2.03. The highest BCUT2D eigenvalue weighted by molar-refractivity contribution is 14.0. The number of ether oxygens (including phenoxy) is 1. The van der Waals surface area contributed by atoms with Crippen molar-refractivity contribution in [1.82, 2.24) is 15.6 Å². The summed E-state index contributed by atoms with van der Waals surface area (Å²) in [5, 5.41) is 6.43. The van der Waals surface area contributed by atoms with Crippen LogP contribution in [0.3, 0.4) is 0 Å². The van der Waals surface area contributed by atoms with Crippen LogP contribution in [0.5, 0.6) is 11.6 Å². The fraction of sp³-hybridized carbons (Fsp3) is 0.429. The van der Waals surface area contributed by atoms with Crippen molar-refractivity contribution in [3.05, 3.63) is 53.2 Å². The average Bonchev–Trinajstić information content (AvgIpc) is 2.66. The molecule has 30 heavy (non-hydrogen) atoms. The summed E-state index contributed by atoms with van der Waals surface area (Å²) in [4.78, 5) is 8.47. The Balaban J connectivity index is 0.00000450. The van der Waals surface area contributed by atoms with Gasteiger partial charge in [0.05, 0.1) is 5.75 Å². The van der Waals surface area contributed by atoms with Gasteiger partial charge in [-0.1, -0.05) is 6.07 Å². The average molecular weight is 546 g/mol. The number of nitrogens with zero attached hydrogens (tertiary/aromatic N) is 2. The Morgan fingerprint density at radius 3 is 2.57 bits per heavy atom. The monoisotopic (exact) mass is 546 g/mol. The molecule has 1 aromatic heterocycles. The molecule has 166 valence electrons. The van der Waals surface area contributed by atoms with Gasteiger partial charge < -0.3 is 15.4 Å². The standard InChI is InChI=1S/C21H30N4O3S.HI/c1-15-6-7-19(12-16(15)2)28-20-13-18(8-10-23-20)14-24-21(22-4)25-17(3)9-11-29(5,26)27;/h6-8,10,12-13,17H,9,11,14H2,1-5H3,(H2,22,24,25);1H. The van der Waals surface area contributed by atoms with E-state index in [1.54, 1.807) is 13.2 Å². The second-order valence-electron chi connectivity index (χ2n) is 7.24. The van der Waals surface area contributed by atoms with Crippen molar-refractivity contribution in [1.29, 1.82) is 0 Å². The van der Waals surface area contributed by atoms with Crippen LogP contribution in [0.25, 0.3) is 0 Å². The Bertz CT molecular complexity index is 964. The molecule has 1 atom stereocenters. The zero-order valence-corrected chi connectivity index (χ0v) is 21.2. The molecule has 2 aromatic rings. The van der Waals surface area contributed by atoms with Crippen LogP contribution in [0.2, 0.25) is 0 Å². The maximum absolute atomic E-state index is 11.3. The van der Waals surface area contributed by atoms with Crippen LogP contribution in [-0.4, -0.2) is 44.5 Å². The van der Waals surface area contributed by atoms with Gasteiger partial charge in [-0.25, -0.2) is 13.4 Å². The molecule has 1 unspecified atom stereocenters. The van der Waals surface area contributed by atoms with Gasteiger partial charge in [0.25, 0.3) is 0 Å². The van der Waals surface area contributed by atoms with Gasteiger partial charge in [-0.3, -0.25) is 4.99 Å². The van der Waals surface area contributed by atoms with E-state index in [-0.39, 0.29) is 35.8 Å². The number of pyridine rings is 1. The molecule has 2 N–H and O–H groups in total. The van der Waals surface area contributed by atoms with Crippen molar-refractivity contribution >= 4 is 39.8 Å². The number of benzene rings is 1. The number of aryl methyl sites for hydroxylation is 2. The maximum atomic E-state index is 11.3. The summed E-state index contributed by atoms with van der Waals surface area (Å²) in [7, 11) is -1.29. The Morgan fingerprint density at radius 1 is 1.20 bits per heavy atom. The number of hydrogen-bond donors (Lipinski definition) is 2. The highest BCUT2D eigenvalue weighted by Gasteiger charge is 2.10. The molecule has 0 aliphatic carbocycles. The van der Waals surface area contributed by atoms with E-state index in [0.29, 0.717) is 24.8 Å². The summed E-state index contributed by atoms with van der Waals surface area (Å²) in [5.41, 5.74) is 3.37. The summed E-state index contributed by atoms with van der Waals surface area (Å²) >= 11 is 0. The van der Waals surface area contributed by atoms with Crippen molar-refractivity contribution in [2.75, 3.05) is 19.1 Å². The molecule has 0 amide bonds. The van der Waals surface area contributed by atoms with E-state index < -0.39 is 9.84 Å². The number of aliphatic imine (C=N–C) groups is 1. The Morgan fingerprint density at radius 2 is 1.93 bits per heavy atom. The smallest absolute Gasteiger partial charge is 0.219 e. The lowest BCUT2D eigenvalue weighted by atomic mass is 10.1. The van der Waals surface area contributed by atoms with Crippen molar-refractivity contribution in [2.24, 2.45) is 4.99 Å². The second-order valence-corrected chi connectivity index (χ2v) is 9.50. The number of nitrogens with one attached hydrogen (secondary N) is 2. The van der Waals surface area contributed by atoms with Crippen LogP contribution < -0.4 is 15.4 Å². The van der Waals surface area contributed by atoms with Crippen LogP contribution in [0.15, 0.2) is 41.5 Å². The molecule has 0 fully saturated rings. The largest absolute Gasteiger partial charge is 0.439 e. The predicted molar refractivity (Wildman–Crippen MR) is 133 cm³/mol. The molecule has 2 rings (SSSR count). The molecule has 1 aromatic carbocycles. The topological polar surface area (TPSA) is 92.7 Å². The van der Waals surface area contributed by atoms with E-state index in [4.69, 9.17) is 4.74 Å². The summed E-state index contributed by atoms with van der Waals surface area (Å²) in [6.07, 6.45) is 3.47. The van der Waals surface area contributed by atoms with Crippen LogP contribution >= 0.6 is 24.0 Å². The maximum Gasteiger partial charge on any atom is 0.219 e. The first kappa shape index (κ1) is 26.2. The van der Waals surface area contributed by atoms with Gasteiger partial charge in [0.1, 0.15) is 15.6 Å². The fourth-order valence-corrected chi connectivity index (χ4v) is 3.37. The number of aromatic nitrogens is 1. The first-order valence-corrected chi connectivity index (χ1v) is 11.6. The summed E-state index contributed by atoms with van der Waals surface area (Å²) in [6, 6.07) is 9.71. The molecule has 0 saturated carbocycles. The van der Waals surface area contributed by atoms with Crippen LogP contribution in [0.1, 0.15) is 30.0 Å². The third-order valence-corrected chi connectivity index (χ3v) is 5.47. The van der Waals surface area contributed by atoms with Crippen molar-refractivity contribution in [3.63, 3.8) is 0 Å². The predicted octanol–water partition coefficient (Wildman–Crippen LogP) is 3.60. The van der Waals surface area contributed by atoms with Gasteiger partial charge in [0, 0.05) is 38.2 Å². The molecule has 0 saturated heterocycles. The molecule has 0 bridgehead atoms. The molecule has 0 aliphatic heterocycles. The Hall–Kier alpha value is -1.88. The molecule has 9 heteroatoms. The Kier molecular flexibility index (Phi) is 10.5. The highest BCUT2D eigenvalue weighted by atomic mass is 127. The van der Waals surface area contributed by atoms with E-state index in [9.17, 15) is 8.42 Å². The zero-order valence-electron chi connectivity index (χ0n) is 18.1. The van der Waals surface area contributed by atoms with Crippen LogP contribution in [0.4, 0.5) is 0 Å². The van der Waals surface area contributed by atoms with Gasteiger partial charge in [-0.2, -0.15) is 0 Å². The SMILES string of the molecule is CN=C(NCc1ccnc(Oc2ccc(C)c(C)c2)c1)NC(C)CCS(C)(=O)=O.I. The Labute approximate surface area is 196 Å². The van der Waals surface area contributed by atoms with Crippen molar-refractivity contribution < 1.29 is 13.2 Å². The van der Waals surface area contributed by atoms with Gasteiger partial charge in [0.2, 0.25) is 5.88 Å². The summed E-state index contributed by atoms with van der Waals surface area (Å²) < 4.78 is 28.5. The first-order valence-electron chi connectivity index (χ1n) is 9.51. The minimum atomic E-state index is -2.97. The lowest BCUT2D eigenvalue weighted by Gasteiger charge is -2.17. The van der Waals surface area contributed by atoms with E-state index in [2.05, 4.69) is 27.5 Å². The van der Waals surface area contributed by atoms with Gasteiger partial charge in [-0.15, -0.1) is 24.0 Å². The molecular formula is C21H31IN4O3S. The summed E-state index contributed by atoms with van der Waals surface area (Å²) in [6.45, 7) is 6.57. The minimum Gasteiger partial charge on any atom is -0.439 e. The zero-order chi connectivity index (χ0) is 21.4. The van der Waals surface area contributed by atoms with E-state index >= 15 is 0 Å². The number of halogens is 1. The number of rotatable bonds is 8. The van der Waals surface area contributed by atoms with E-state index in [1.807, 2.05) is 44.2 Å². The first-order chi connectivity index (χ1) is 13.7. The second kappa shape index (κ2) is 12.1. The van der Waals surface area contributed by atoms with Crippen molar-refractivity contribution in [3.8, 4) is 11.6 Å². The van der Waals surface area contributed by atoms with Crippen LogP contribution in [-0.2, 0) is 16.4 Å². The third kappa shape index (κ3) is 9.29. The van der Waals surface area contributed by atoms with Gasteiger partial charge >= 0.3 is 0 Å². The minimum absolute atomic E-state index is 0. The highest BCUT2D eigenvalue weighted by Crippen LogP contribution is 2.22. The number of sulfone groups is 1. The van der Waals surface area contributed by atoms with E-state index in [1.165, 1.54) is 17.4 Å². The molecule has 1 heterocycles. The number of guanidine groups is 1. The van der Waals surface area contributed by atoms with E-state index in [0.717, 1.165) is 11.3 Å². The quantitative estimate of drug-likeness (QED) is 0.299. The lowest BCUT2D eigenvalue weighted by Crippen LogP contribution is -2.42. The fourth-order valence-electron chi connectivity index (χ4n) is 2.59. The molecule has 7 nitrogen and oxygen atoms in total. The molecule has 0 aliphatic rings. The molecule has 0 spiro atoms. The lowest BCUT2D eigenvalue weighted by molar-refractivity contribution is 0.461. The van der Waals surface area contributed by atoms with Gasteiger partial charge in [-0.05, 0) is 62.1 Å². The van der Waals surface area contributed by atoms with Gasteiger partial charge in [0.15, 0.2) is 5.96 Å². The molecule has 0 radical (unpaired) electrons. The third-order valence-electron chi connectivity index (χ3n) is 4.49. The molecular weight excluding hydrogens is 515 g/mol.